The fraction of sp³-hybridized carbons (Fsp3) is 0.188. The molecule has 0 bridgehead atoms. The van der Waals surface area contributed by atoms with Crippen LogP contribution in [0.25, 0.3) is 16.9 Å². The lowest BCUT2D eigenvalue weighted by atomic mass is 10.1. The minimum Gasteiger partial charge on any atom is -0.298 e. The van der Waals surface area contributed by atoms with E-state index < -0.39 is 0 Å². The lowest BCUT2D eigenvalue weighted by Crippen LogP contribution is -2.14. The molecule has 4 heterocycles. The number of anilines is 1. The highest BCUT2D eigenvalue weighted by atomic mass is 32.1. The van der Waals surface area contributed by atoms with Crippen LogP contribution in [0.4, 0.5) is 5.13 Å². The molecule has 0 atom stereocenters. The van der Waals surface area contributed by atoms with Crippen molar-refractivity contribution in [3.8, 4) is 11.3 Å². The molecule has 0 saturated heterocycles. The predicted octanol–water partition coefficient (Wildman–Crippen LogP) is 2.46. The molecule has 0 aliphatic carbocycles. The second kappa shape index (κ2) is 5.78. The highest BCUT2D eigenvalue weighted by Gasteiger charge is 2.17. The summed E-state index contributed by atoms with van der Waals surface area (Å²) in [5.74, 6) is -0.270. The van der Waals surface area contributed by atoms with E-state index in [0.29, 0.717) is 16.3 Å². The van der Waals surface area contributed by atoms with Gasteiger partial charge in [0.1, 0.15) is 6.33 Å². The minimum atomic E-state index is -0.270. The Balaban J connectivity index is 1.81. The zero-order valence-electron chi connectivity index (χ0n) is 13.9. The predicted molar refractivity (Wildman–Crippen MR) is 94.7 cm³/mol. The summed E-state index contributed by atoms with van der Waals surface area (Å²) in [4.78, 5) is 17.0. The van der Waals surface area contributed by atoms with Gasteiger partial charge >= 0.3 is 0 Å². The first kappa shape index (κ1) is 15.5. The van der Waals surface area contributed by atoms with Crippen LogP contribution < -0.4 is 5.32 Å². The number of rotatable bonds is 3. The van der Waals surface area contributed by atoms with Gasteiger partial charge in [0, 0.05) is 24.2 Å². The number of hydrogen-bond acceptors (Lipinski definition) is 6. The number of carbonyl (C=O) groups excluding carboxylic acids is 1. The summed E-state index contributed by atoms with van der Waals surface area (Å²) >= 11 is 1.39. The van der Waals surface area contributed by atoms with Crippen molar-refractivity contribution >= 4 is 28.0 Å². The number of amides is 1. The maximum Gasteiger partial charge on any atom is 0.261 e. The number of nitrogens with one attached hydrogen (secondary N) is 1. The molecule has 0 radical (unpaired) electrons. The first-order valence-electron chi connectivity index (χ1n) is 7.59. The third kappa shape index (κ3) is 2.78. The highest BCUT2D eigenvalue weighted by molar-refractivity contribution is 7.13. The Hall–Kier alpha value is -3.07. The average molecular weight is 353 g/mol. The number of thiazole rings is 1. The fourth-order valence-corrected chi connectivity index (χ4v) is 3.38. The molecule has 0 saturated carbocycles. The van der Waals surface area contributed by atoms with Crippen LogP contribution in [0.3, 0.4) is 0 Å². The molecule has 0 aromatic carbocycles. The topological polar surface area (TPSA) is 90.0 Å². The van der Waals surface area contributed by atoms with Crippen LogP contribution in [0.5, 0.6) is 0 Å². The largest absolute Gasteiger partial charge is 0.298 e. The fourth-order valence-electron chi connectivity index (χ4n) is 2.70. The number of carbonyl (C=O) groups is 1. The molecule has 0 fully saturated rings. The number of fused-ring (bicyclic) bond motifs is 1. The van der Waals surface area contributed by atoms with E-state index in [0.717, 1.165) is 22.6 Å². The lowest BCUT2D eigenvalue weighted by molar-refractivity contribution is 0.102. The van der Waals surface area contributed by atoms with Crippen LogP contribution in [0.1, 0.15) is 21.7 Å². The quantitative estimate of drug-likeness (QED) is 0.611. The Morgan fingerprint density at radius 2 is 2.08 bits per heavy atom. The number of aryl methyl sites for hydroxylation is 3. The summed E-state index contributed by atoms with van der Waals surface area (Å²) in [6.45, 7) is 3.81. The van der Waals surface area contributed by atoms with Crippen molar-refractivity contribution in [3.63, 3.8) is 0 Å². The van der Waals surface area contributed by atoms with E-state index >= 15 is 0 Å². The van der Waals surface area contributed by atoms with Crippen LogP contribution in [0, 0.1) is 13.8 Å². The van der Waals surface area contributed by atoms with Gasteiger partial charge in [-0.05, 0) is 26.0 Å². The molecule has 1 N–H and O–H groups in total. The van der Waals surface area contributed by atoms with Crippen LogP contribution in [-0.4, -0.2) is 35.3 Å². The van der Waals surface area contributed by atoms with Gasteiger partial charge in [-0.25, -0.2) is 4.98 Å². The third-order valence-electron chi connectivity index (χ3n) is 3.77. The van der Waals surface area contributed by atoms with Crippen LogP contribution >= 0.6 is 11.3 Å². The molecule has 1 amide bonds. The maximum atomic E-state index is 12.8. The number of hydrogen-bond donors (Lipinski definition) is 1. The zero-order valence-corrected chi connectivity index (χ0v) is 14.7. The Morgan fingerprint density at radius 3 is 2.76 bits per heavy atom. The van der Waals surface area contributed by atoms with E-state index in [1.165, 1.54) is 11.3 Å². The van der Waals surface area contributed by atoms with E-state index in [1.807, 2.05) is 38.5 Å². The van der Waals surface area contributed by atoms with Crippen molar-refractivity contribution in [1.29, 1.82) is 0 Å². The van der Waals surface area contributed by atoms with Gasteiger partial charge in [0.15, 0.2) is 10.8 Å². The van der Waals surface area contributed by atoms with Gasteiger partial charge in [-0.1, -0.05) is 0 Å². The molecule has 0 aliphatic rings. The van der Waals surface area contributed by atoms with Crippen molar-refractivity contribution in [2.45, 2.75) is 13.8 Å². The minimum absolute atomic E-state index is 0.270. The van der Waals surface area contributed by atoms with Crippen molar-refractivity contribution in [2.75, 3.05) is 5.32 Å². The smallest absolute Gasteiger partial charge is 0.261 e. The van der Waals surface area contributed by atoms with Gasteiger partial charge in [0.05, 0.1) is 22.6 Å². The SMILES string of the molecule is Cc1csc(NC(=O)c2cc(-c3cc(C)nn3C)cn3cnnc23)n1. The maximum absolute atomic E-state index is 12.8. The second-order valence-electron chi connectivity index (χ2n) is 5.75. The Labute approximate surface area is 147 Å². The summed E-state index contributed by atoms with van der Waals surface area (Å²) in [7, 11) is 1.87. The van der Waals surface area contributed by atoms with E-state index in [4.69, 9.17) is 0 Å². The Kier molecular flexibility index (Phi) is 3.57. The molecule has 4 aromatic heterocycles. The monoisotopic (exact) mass is 353 g/mol. The summed E-state index contributed by atoms with van der Waals surface area (Å²) in [5, 5.41) is 17.6. The van der Waals surface area contributed by atoms with Crippen molar-refractivity contribution in [3.05, 3.63) is 47.0 Å². The molecule has 4 aromatic rings. The van der Waals surface area contributed by atoms with E-state index in [1.54, 1.807) is 21.5 Å². The molecule has 126 valence electrons. The molecule has 9 heteroatoms. The Morgan fingerprint density at radius 1 is 1.24 bits per heavy atom. The first-order valence-corrected chi connectivity index (χ1v) is 8.47. The normalized spacial score (nSPS) is 11.2. The van der Waals surface area contributed by atoms with Gasteiger partial charge in [-0.2, -0.15) is 5.10 Å². The first-order chi connectivity index (χ1) is 12.0. The highest BCUT2D eigenvalue weighted by Crippen LogP contribution is 2.24. The summed E-state index contributed by atoms with van der Waals surface area (Å²) in [6.07, 6.45) is 3.46. The second-order valence-corrected chi connectivity index (χ2v) is 6.61. The van der Waals surface area contributed by atoms with Crippen molar-refractivity contribution < 1.29 is 4.79 Å². The summed E-state index contributed by atoms with van der Waals surface area (Å²) < 4.78 is 3.52. The molecule has 0 unspecified atom stereocenters. The molecule has 0 aliphatic heterocycles. The lowest BCUT2D eigenvalue weighted by Gasteiger charge is -2.08. The standard InChI is InChI=1S/C16H15N7OS/c1-9-4-13(22(3)21-9)11-5-12(14-20-17-8-23(14)6-11)15(24)19-16-18-10(2)7-25-16/h4-8H,1-3H3,(H,18,19,24). The van der Waals surface area contributed by atoms with Crippen molar-refractivity contribution in [1.82, 2.24) is 29.4 Å². The molecule has 25 heavy (non-hydrogen) atoms. The van der Waals surface area contributed by atoms with Gasteiger partial charge in [0.2, 0.25) is 0 Å². The summed E-state index contributed by atoms with van der Waals surface area (Å²) in [6, 6.07) is 3.77. The zero-order chi connectivity index (χ0) is 17.6. The van der Waals surface area contributed by atoms with Crippen molar-refractivity contribution in [2.24, 2.45) is 7.05 Å². The van der Waals surface area contributed by atoms with Crippen LogP contribution in [0.15, 0.2) is 30.0 Å². The van der Waals surface area contributed by atoms with Gasteiger partial charge < -0.3 is 0 Å². The van der Waals surface area contributed by atoms with Gasteiger partial charge in [-0.15, -0.1) is 21.5 Å². The Bertz CT molecular complexity index is 1090. The number of aromatic nitrogens is 6. The molecular weight excluding hydrogens is 338 g/mol. The third-order valence-corrected chi connectivity index (χ3v) is 4.65. The van der Waals surface area contributed by atoms with Gasteiger partial charge in [0.25, 0.3) is 5.91 Å². The molecular formula is C16H15N7OS. The van der Waals surface area contributed by atoms with Gasteiger partial charge in [-0.3, -0.25) is 19.2 Å². The van der Waals surface area contributed by atoms with E-state index in [2.05, 4.69) is 25.6 Å². The molecule has 4 rings (SSSR count). The summed E-state index contributed by atoms with van der Waals surface area (Å²) in [5.41, 5.74) is 4.47. The molecule has 0 spiro atoms. The number of pyridine rings is 1. The molecule has 8 nitrogen and oxygen atoms in total. The number of nitrogens with zero attached hydrogens (tertiary/aromatic N) is 6. The van der Waals surface area contributed by atoms with Crippen LogP contribution in [-0.2, 0) is 7.05 Å². The van der Waals surface area contributed by atoms with E-state index in [-0.39, 0.29) is 5.91 Å². The van der Waals surface area contributed by atoms with Crippen LogP contribution in [0.2, 0.25) is 0 Å². The average Bonchev–Trinajstić information content (AvgIpc) is 3.26. The van der Waals surface area contributed by atoms with E-state index in [9.17, 15) is 4.79 Å².